The van der Waals surface area contributed by atoms with Crippen molar-refractivity contribution in [2.75, 3.05) is 36.5 Å². The first-order chi connectivity index (χ1) is 16.1. The highest BCUT2D eigenvalue weighted by Crippen LogP contribution is 2.34. The molecule has 2 amide bonds. The second kappa shape index (κ2) is 9.01. The predicted molar refractivity (Wildman–Crippen MR) is 125 cm³/mol. The van der Waals surface area contributed by atoms with E-state index in [2.05, 4.69) is 25.7 Å². The second-order valence-electron chi connectivity index (χ2n) is 8.44. The van der Waals surface area contributed by atoms with Crippen LogP contribution in [0.5, 0.6) is 11.5 Å². The molecule has 0 spiro atoms. The molecular weight excluding hydrogens is 422 g/mol. The van der Waals surface area contributed by atoms with Crippen LogP contribution in [-0.2, 0) is 16.0 Å². The first kappa shape index (κ1) is 21.1. The van der Waals surface area contributed by atoms with E-state index >= 15 is 0 Å². The number of nitrogens with zero attached hydrogens (tertiary/aromatic N) is 2. The van der Waals surface area contributed by atoms with E-state index in [1.165, 1.54) is 0 Å². The van der Waals surface area contributed by atoms with Crippen molar-refractivity contribution in [2.24, 2.45) is 0 Å². The monoisotopic (exact) mass is 449 g/mol. The summed E-state index contributed by atoms with van der Waals surface area (Å²) in [5.41, 5.74) is 2.74. The zero-order chi connectivity index (χ0) is 22.8. The van der Waals surface area contributed by atoms with Crippen LogP contribution < -0.4 is 25.0 Å². The van der Waals surface area contributed by atoms with E-state index in [-0.39, 0.29) is 24.3 Å². The Balaban J connectivity index is 1.31. The van der Waals surface area contributed by atoms with Crippen LogP contribution in [0.1, 0.15) is 25.3 Å². The van der Waals surface area contributed by atoms with E-state index in [0.717, 1.165) is 48.1 Å². The molecule has 1 aromatic heterocycles. The fourth-order valence-electron chi connectivity index (χ4n) is 4.52. The van der Waals surface area contributed by atoms with Gasteiger partial charge < -0.3 is 25.0 Å². The number of H-pyrrole nitrogens is 1. The summed E-state index contributed by atoms with van der Waals surface area (Å²) in [7, 11) is 0. The molecule has 3 heterocycles. The molecule has 0 saturated carbocycles. The van der Waals surface area contributed by atoms with Crippen molar-refractivity contribution >= 4 is 34.2 Å². The lowest BCUT2D eigenvalue weighted by molar-refractivity contribution is -0.119. The van der Waals surface area contributed by atoms with Crippen molar-refractivity contribution in [1.29, 1.82) is 0 Å². The summed E-state index contributed by atoms with van der Waals surface area (Å²) in [5, 5.41) is 14.3. The number of hydrogen-bond acceptors (Lipinski definition) is 6. The average molecular weight is 450 g/mol. The Kier molecular flexibility index (Phi) is 5.77. The summed E-state index contributed by atoms with van der Waals surface area (Å²) in [6.07, 6.45) is 1.95. The molecule has 3 N–H and O–H groups in total. The molecule has 0 bridgehead atoms. The molecule has 9 heteroatoms. The number of fused-ring (bicyclic) bond motifs is 2. The van der Waals surface area contributed by atoms with E-state index < -0.39 is 0 Å². The van der Waals surface area contributed by atoms with Gasteiger partial charge in [0.2, 0.25) is 11.8 Å². The molecule has 2 aromatic carbocycles. The minimum absolute atomic E-state index is 0.00778. The number of carbonyl (C=O) groups excluding carboxylic acids is 2. The maximum atomic E-state index is 12.8. The van der Waals surface area contributed by atoms with Crippen LogP contribution in [-0.4, -0.2) is 54.4 Å². The standard InChI is InChI=1S/C24H27N5O4/c1-15(30)25-17-7-9-29(10-8-17)19-4-2-3-18-23(19)24(28-27-18)26-22(31)14-16-5-6-20-21(13-16)33-12-11-32-20/h2-6,13,17H,7-12,14H2,1H3,(H,25,30)(H2,26,27,28,31). The van der Waals surface area contributed by atoms with Gasteiger partial charge in [-0.3, -0.25) is 14.7 Å². The predicted octanol–water partition coefficient (Wildman–Crippen LogP) is 2.62. The first-order valence-corrected chi connectivity index (χ1v) is 11.2. The Labute approximate surface area is 191 Å². The Bertz CT molecular complexity index is 1180. The van der Waals surface area contributed by atoms with Crippen molar-refractivity contribution in [3.63, 3.8) is 0 Å². The molecule has 1 fully saturated rings. The maximum absolute atomic E-state index is 12.8. The number of amides is 2. The van der Waals surface area contributed by atoms with Gasteiger partial charge >= 0.3 is 0 Å². The molecule has 172 valence electrons. The summed E-state index contributed by atoms with van der Waals surface area (Å²) >= 11 is 0. The third-order valence-corrected chi connectivity index (χ3v) is 6.04. The van der Waals surface area contributed by atoms with Crippen LogP contribution in [0.25, 0.3) is 10.9 Å². The lowest BCUT2D eigenvalue weighted by atomic mass is 10.0. The van der Waals surface area contributed by atoms with E-state index in [1.54, 1.807) is 6.92 Å². The number of carbonyl (C=O) groups is 2. The number of hydrogen-bond donors (Lipinski definition) is 3. The van der Waals surface area contributed by atoms with Crippen LogP contribution >= 0.6 is 0 Å². The number of piperidine rings is 1. The summed E-state index contributed by atoms with van der Waals surface area (Å²) < 4.78 is 11.2. The molecule has 0 aliphatic carbocycles. The molecular formula is C24H27N5O4. The fourth-order valence-corrected chi connectivity index (χ4v) is 4.52. The van der Waals surface area contributed by atoms with Crippen LogP contribution in [0.2, 0.25) is 0 Å². The van der Waals surface area contributed by atoms with Gasteiger partial charge in [-0.2, -0.15) is 5.10 Å². The molecule has 2 aliphatic rings. The maximum Gasteiger partial charge on any atom is 0.230 e. The number of benzene rings is 2. The molecule has 1 saturated heterocycles. The minimum atomic E-state index is -0.153. The highest BCUT2D eigenvalue weighted by atomic mass is 16.6. The summed E-state index contributed by atoms with van der Waals surface area (Å²) in [4.78, 5) is 26.5. The number of aromatic amines is 1. The van der Waals surface area contributed by atoms with Crippen molar-refractivity contribution in [3.8, 4) is 11.5 Å². The van der Waals surface area contributed by atoms with Gasteiger partial charge in [0.15, 0.2) is 17.3 Å². The van der Waals surface area contributed by atoms with Gasteiger partial charge in [-0.1, -0.05) is 12.1 Å². The normalized spacial score (nSPS) is 16.0. The van der Waals surface area contributed by atoms with Crippen LogP contribution in [0.4, 0.5) is 11.5 Å². The van der Waals surface area contributed by atoms with Gasteiger partial charge in [-0.05, 0) is 42.7 Å². The Morgan fingerprint density at radius 3 is 2.70 bits per heavy atom. The van der Waals surface area contributed by atoms with Gasteiger partial charge in [0.25, 0.3) is 0 Å². The van der Waals surface area contributed by atoms with Crippen molar-refractivity contribution in [3.05, 3.63) is 42.0 Å². The topological polar surface area (TPSA) is 109 Å². The van der Waals surface area contributed by atoms with E-state index in [1.807, 2.05) is 36.4 Å². The number of anilines is 2. The summed E-state index contributed by atoms with van der Waals surface area (Å²) in [6, 6.07) is 11.7. The Morgan fingerprint density at radius 2 is 1.91 bits per heavy atom. The van der Waals surface area contributed by atoms with Crippen LogP contribution in [0, 0.1) is 0 Å². The number of rotatable bonds is 5. The molecule has 5 rings (SSSR count). The zero-order valence-electron chi connectivity index (χ0n) is 18.5. The lowest BCUT2D eigenvalue weighted by Gasteiger charge is -2.34. The smallest absolute Gasteiger partial charge is 0.230 e. The number of ether oxygens (including phenoxy) is 2. The van der Waals surface area contributed by atoms with Gasteiger partial charge in [0.05, 0.1) is 17.3 Å². The zero-order valence-corrected chi connectivity index (χ0v) is 18.5. The molecule has 0 atom stereocenters. The van der Waals surface area contributed by atoms with E-state index in [9.17, 15) is 9.59 Å². The van der Waals surface area contributed by atoms with Gasteiger partial charge in [-0.25, -0.2) is 0 Å². The van der Waals surface area contributed by atoms with E-state index in [4.69, 9.17) is 9.47 Å². The van der Waals surface area contributed by atoms with Crippen molar-refractivity contribution in [1.82, 2.24) is 15.5 Å². The largest absolute Gasteiger partial charge is 0.486 e. The number of aromatic nitrogens is 2. The highest BCUT2D eigenvalue weighted by Gasteiger charge is 2.23. The van der Waals surface area contributed by atoms with Gasteiger partial charge in [0.1, 0.15) is 13.2 Å². The fraction of sp³-hybridized carbons (Fsp3) is 0.375. The molecule has 9 nitrogen and oxygen atoms in total. The SMILES string of the molecule is CC(=O)NC1CCN(c2cccc3[nH]nc(NC(=O)Cc4ccc5c(c4)OCCO5)c23)CC1. The molecule has 2 aliphatic heterocycles. The van der Waals surface area contributed by atoms with Gasteiger partial charge in [0, 0.05) is 31.7 Å². The second-order valence-corrected chi connectivity index (χ2v) is 8.44. The molecule has 0 radical (unpaired) electrons. The third kappa shape index (κ3) is 4.57. The van der Waals surface area contributed by atoms with Crippen LogP contribution in [0.15, 0.2) is 36.4 Å². The first-order valence-electron chi connectivity index (χ1n) is 11.2. The van der Waals surface area contributed by atoms with E-state index in [0.29, 0.717) is 30.5 Å². The summed E-state index contributed by atoms with van der Waals surface area (Å²) in [5.74, 6) is 1.75. The number of nitrogens with one attached hydrogen (secondary N) is 3. The van der Waals surface area contributed by atoms with Crippen LogP contribution in [0.3, 0.4) is 0 Å². The molecule has 0 unspecified atom stereocenters. The average Bonchev–Trinajstić information content (AvgIpc) is 3.22. The van der Waals surface area contributed by atoms with Crippen molar-refractivity contribution < 1.29 is 19.1 Å². The van der Waals surface area contributed by atoms with Gasteiger partial charge in [-0.15, -0.1) is 0 Å². The minimum Gasteiger partial charge on any atom is -0.486 e. The molecule has 3 aromatic rings. The Hall–Kier alpha value is -3.75. The third-order valence-electron chi connectivity index (χ3n) is 6.04. The highest BCUT2D eigenvalue weighted by molar-refractivity contribution is 6.06. The summed E-state index contributed by atoms with van der Waals surface area (Å²) in [6.45, 7) is 4.23. The Morgan fingerprint density at radius 1 is 1.12 bits per heavy atom. The van der Waals surface area contributed by atoms with Crippen molar-refractivity contribution in [2.45, 2.75) is 32.2 Å². The molecule has 33 heavy (non-hydrogen) atoms. The quantitative estimate of drug-likeness (QED) is 0.553. The lowest BCUT2D eigenvalue weighted by Crippen LogP contribution is -2.44.